The van der Waals surface area contributed by atoms with Gasteiger partial charge in [-0.25, -0.2) is 0 Å². The lowest BCUT2D eigenvalue weighted by molar-refractivity contribution is -0.139. The molecule has 4 nitrogen and oxygen atoms in total. The van der Waals surface area contributed by atoms with E-state index in [-0.39, 0.29) is 24.6 Å². The molecule has 1 aliphatic heterocycles. The van der Waals surface area contributed by atoms with Crippen LogP contribution in [-0.4, -0.2) is 29.3 Å². The van der Waals surface area contributed by atoms with Gasteiger partial charge >= 0.3 is 6.18 Å². The SMILES string of the molecule is CCN1C(=O)CC(Nc2ccccc2C(F)(F)F)C1=O. The Hall–Kier alpha value is -2.05. The van der Waals surface area contributed by atoms with E-state index in [1.165, 1.54) is 18.2 Å². The van der Waals surface area contributed by atoms with E-state index in [0.29, 0.717) is 0 Å². The molecule has 0 radical (unpaired) electrons. The summed E-state index contributed by atoms with van der Waals surface area (Å²) in [6.07, 6.45) is -4.64. The van der Waals surface area contributed by atoms with E-state index in [1.54, 1.807) is 6.92 Å². The largest absolute Gasteiger partial charge is 0.418 e. The first-order valence-corrected chi connectivity index (χ1v) is 6.11. The molecular weight excluding hydrogens is 273 g/mol. The van der Waals surface area contributed by atoms with Crippen molar-refractivity contribution in [2.75, 3.05) is 11.9 Å². The van der Waals surface area contributed by atoms with E-state index in [4.69, 9.17) is 0 Å². The second-order valence-electron chi connectivity index (χ2n) is 4.42. The topological polar surface area (TPSA) is 49.4 Å². The lowest BCUT2D eigenvalue weighted by atomic mass is 10.1. The molecule has 1 fully saturated rings. The molecule has 1 aliphatic rings. The maximum Gasteiger partial charge on any atom is 0.418 e. The van der Waals surface area contributed by atoms with Crippen LogP contribution in [0.5, 0.6) is 0 Å². The van der Waals surface area contributed by atoms with Gasteiger partial charge < -0.3 is 5.32 Å². The van der Waals surface area contributed by atoms with Crippen LogP contribution in [0.15, 0.2) is 24.3 Å². The molecule has 1 atom stereocenters. The Morgan fingerprint density at radius 2 is 1.95 bits per heavy atom. The van der Waals surface area contributed by atoms with Gasteiger partial charge in [0.25, 0.3) is 5.91 Å². The zero-order valence-corrected chi connectivity index (χ0v) is 10.7. The maximum absolute atomic E-state index is 12.8. The summed E-state index contributed by atoms with van der Waals surface area (Å²) in [4.78, 5) is 24.5. The number of nitrogens with zero attached hydrogens (tertiary/aromatic N) is 1. The van der Waals surface area contributed by atoms with E-state index in [1.807, 2.05) is 0 Å². The number of halogens is 3. The molecule has 1 saturated heterocycles. The van der Waals surface area contributed by atoms with Gasteiger partial charge in [0.1, 0.15) is 6.04 Å². The fourth-order valence-corrected chi connectivity index (χ4v) is 2.17. The number of amides is 2. The Bertz CT molecular complexity index is 543. The van der Waals surface area contributed by atoms with Gasteiger partial charge in [0, 0.05) is 12.2 Å². The normalized spacial score (nSPS) is 19.6. The van der Waals surface area contributed by atoms with E-state index in [0.717, 1.165) is 11.0 Å². The molecular formula is C13H13F3N2O2. The molecule has 0 spiro atoms. The number of alkyl halides is 3. The molecule has 108 valence electrons. The number of hydrogen-bond acceptors (Lipinski definition) is 3. The first-order valence-electron chi connectivity index (χ1n) is 6.11. The minimum Gasteiger partial charge on any atom is -0.373 e. The summed E-state index contributed by atoms with van der Waals surface area (Å²) < 4.78 is 38.5. The molecule has 1 heterocycles. The Morgan fingerprint density at radius 1 is 1.30 bits per heavy atom. The van der Waals surface area contributed by atoms with Crippen LogP contribution in [0.3, 0.4) is 0 Å². The number of para-hydroxylation sites is 1. The van der Waals surface area contributed by atoms with Gasteiger partial charge in [0.05, 0.1) is 12.0 Å². The molecule has 2 rings (SSSR count). The molecule has 0 aliphatic carbocycles. The summed E-state index contributed by atoms with van der Waals surface area (Å²) >= 11 is 0. The smallest absolute Gasteiger partial charge is 0.373 e. The molecule has 0 bridgehead atoms. The Labute approximate surface area is 113 Å². The van der Waals surface area contributed by atoms with Crippen LogP contribution in [0.4, 0.5) is 18.9 Å². The molecule has 1 aromatic rings. The molecule has 1 unspecified atom stereocenters. The lowest BCUT2D eigenvalue weighted by Gasteiger charge is -2.18. The van der Waals surface area contributed by atoms with Crippen molar-refractivity contribution in [2.24, 2.45) is 0 Å². The van der Waals surface area contributed by atoms with Gasteiger partial charge in [-0.1, -0.05) is 12.1 Å². The monoisotopic (exact) mass is 286 g/mol. The van der Waals surface area contributed by atoms with Gasteiger partial charge in [-0.2, -0.15) is 13.2 Å². The fourth-order valence-electron chi connectivity index (χ4n) is 2.17. The number of nitrogens with one attached hydrogen (secondary N) is 1. The van der Waals surface area contributed by atoms with Crippen LogP contribution < -0.4 is 5.32 Å². The van der Waals surface area contributed by atoms with Crippen LogP contribution in [0.2, 0.25) is 0 Å². The zero-order chi connectivity index (χ0) is 14.9. The maximum atomic E-state index is 12.8. The molecule has 0 aromatic heterocycles. The summed E-state index contributed by atoms with van der Waals surface area (Å²) in [5.41, 5.74) is -1.04. The highest BCUT2D eigenvalue weighted by molar-refractivity contribution is 6.06. The lowest BCUT2D eigenvalue weighted by Crippen LogP contribution is -2.34. The number of anilines is 1. The summed E-state index contributed by atoms with van der Waals surface area (Å²) in [5, 5.41) is 2.53. The quantitative estimate of drug-likeness (QED) is 0.867. The number of likely N-dealkylation sites (tertiary alicyclic amines) is 1. The van der Waals surface area contributed by atoms with Crippen molar-refractivity contribution >= 4 is 17.5 Å². The average Bonchev–Trinajstić information content (AvgIpc) is 2.63. The second-order valence-corrected chi connectivity index (χ2v) is 4.42. The number of carbonyl (C=O) groups is 2. The molecule has 1 N–H and O–H groups in total. The molecule has 1 aromatic carbocycles. The van der Waals surface area contributed by atoms with Crippen LogP contribution in [0.1, 0.15) is 18.9 Å². The van der Waals surface area contributed by atoms with E-state index in [9.17, 15) is 22.8 Å². The van der Waals surface area contributed by atoms with Crippen molar-refractivity contribution in [1.29, 1.82) is 0 Å². The first-order chi connectivity index (χ1) is 9.34. The summed E-state index contributed by atoms with van der Waals surface area (Å²) in [7, 11) is 0. The highest BCUT2D eigenvalue weighted by Gasteiger charge is 2.39. The van der Waals surface area contributed by atoms with Crippen molar-refractivity contribution in [3.8, 4) is 0 Å². The van der Waals surface area contributed by atoms with Crippen molar-refractivity contribution in [3.05, 3.63) is 29.8 Å². The number of hydrogen-bond donors (Lipinski definition) is 1. The third-order valence-corrected chi connectivity index (χ3v) is 3.12. The number of imide groups is 1. The predicted octanol–water partition coefficient (Wildman–Crippen LogP) is 2.26. The summed E-state index contributed by atoms with van der Waals surface area (Å²) in [5.74, 6) is -0.867. The fraction of sp³-hybridized carbons (Fsp3) is 0.385. The highest BCUT2D eigenvalue weighted by atomic mass is 19.4. The Kier molecular flexibility index (Phi) is 3.69. The van der Waals surface area contributed by atoms with Crippen LogP contribution in [0.25, 0.3) is 0 Å². The van der Waals surface area contributed by atoms with E-state index < -0.39 is 23.7 Å². The van der Waals surface area contributed by atoms with E-state index in [2.05, 4.69) is 5.32 Å². The number of benzene rings is 1. The van der Waals surface area contributed by atoms with Gasteiger partial charge in [-0.3, -0.25) is 14.5 Å². The summed E-state index contributed by atoms with van der Waals surface area (Å²) in [6.45, 7) is 1.86. The van der Waals surface area contributed by atoms with Crippen LogP contribution >= 0.6 is 0 Å². The third-order valence-electron chi connectivity index (χ3n) is 3.12. The number of likely N-dealkylation sites (N-methyl/N-ethyl adjacent to an activating group) is 1. The standard InChI is InChI=1S/C13H13F3N2O2/c1-2-18-11(19)7-10(12(18)20)17-9-6-4-3-5-8(9)13(14,15)16/h3-6,10,17H,2,7H2,1H3. The van der Waals surface area contributed by atoms with Crippen molar-refractivity contribution in [1.82, 2.24) is 4.90 Å². The minimum absolute atomic E-state index is 0.126. The minimum atomic E-state index is -4.51. The molecule has 2 amide bonds. The van der Waals surface area contributed by atoms with Gasteiger partial charge in [-0.15, -0.1) is 0 Å². The van der Waals surface area contributed by atoms with Crippen molar-refractivity contribution in [3.63, 3.8) is 0 Å². The third kappa shape index (κ3) is 2.61. The van der Waals surface area contributed by atoms with E-state index >= 15 is 0 Å². The van der Waals surface area contributed by atoms with Gasteiger partial charge in [0.15, 0.2) is 0 Å². The van der Waals surface area contributed by atoms with Gasteiger partial charge in [0.2, 0.25) is 5.91 Å². The Morgan fingerprint density at radius 3 is 2.50 bits per heavy atom. The van der Waals surface area contributed by atoms with Crippen molar-refractivity contribution in [2.45, 2.75) is 25.6 Å². The summed E-state index contributed by atoms with van der Waals surface area (Å²) in [6, 6.07) is 3.95. The highest BCUT2D eigenvalue weighted by Crippen LogP contribution is 2.35. The Balaban J connectivity index is 2.24. The van der Waals surface area contributed by atoms with Crippen molar-refractivity contribution < 1.29 is 22.8 Å². The number of rotatable bonds is 3. The van der Waals surface area contributed by atoms with Crippen LogP contribution in [-0.2, 0) is 15.8 Å². The second kappa shape index (κ2) is 5.15. The number of carbonyl (C=O) groups excluding carboxylic acids is 2. The van der Waals surface area contributed by atoms with Crippen LogP contribution in [0, 0.1) is 0 Å². The molecule has 7 heteroatoms. The molecule has 20 heavy (non-hydrogen) atoms. The predicted molar refractivity (Wildman–Crippen MR) is 65.9 cm³/mol. The first kappa shape index (κ1) is 14.4. The average molecular weight is 286 g/mol. The molecule has 0 saturated carbocycles. The zero-order valence-electron chi connectivity index (χ0n) is 10.7. The van der Waals surface area contributed by atoms with Gasteiger partial charge in [-0.05, 0) is 19.1 Å².